The summed E-state index contributed by atoms with van der Waals surface area (Å²) in [6.07, 6.45) is 36.4. The highest BCUT2D eigenvalue weighted by Gasteiger charge is 2.30. The molecule has 3 unspecified atom stereocenters. The van der Waals surface area contributed by atoms with Crippen molar-refractivity contribution in [3.05, 3.63) is 0 Å². The average Bonchev–Trinajstić information content (AvgIpc) is 3.58. The number of carbonyl (C=O) groups excluding carboxylic acids is 4. The maximum atomic E-state index is 13.0. The molecule has 5 atom stereocenters. The fourth-order valence-electron chi connectivity index (χ4n) is 9.78. The third-order valence-electron chi connectivity index (χ3n) is 15.1. The van der Waals surface area contributed by atoms with E-state index >= 15 is 0 Å². The van der Waals surface area contributed by atoms with Crippen LogP contribution in [0.1, 0.15) is 319 Å². The van der Waals surface area contributed by atoms with Crippen molar-refractivity contribution in [3.8, 4) is 0 Å². The van der Waals surface area contributed by atoms with Gasteiger partial charge in [-0.25, -0.2) is 9.13 Å². The predicted molar refractivity (Wildman–Crippen MR) is 340 cm³/mol. The maximum absolute atomic E-state index is 13.0. The van der Waals surface area contributed by atoms with E-state index in [4.69, 9.17) is 37.0 Å². The Balaban J connectivity index is 5.25. The maximum Gasteiger partial charge on any atom is 0.472 e. The van der Waals surface area contributed by atoms with Crippen molar-refractivity contribution in [1.29, 1.82) is 0 Å². The van der Waals surface area contributed by atoms with Crippen LogP contribution < -0.4 is 0 Å². The topological polar surface area (TPSA) is 237 Å². The molecule has 0 fully saturated rings. The Hall–Kier alpha value is -1.94. The van der Waals surface area contributed by atoms with Gasteiger partial charge in [0.15, 0.2) is 12.2 Å². The molecule has 0 aromatic rings. The van der Waals surface area contributed by atoms with Gasteiger partial charge in [-0.05, 0) is 49.4 Å². The number of aliphatic hydroxyl groups is 1. The van der Waals surface area contributed by atoms with Crippen LogP contribution in [-0.2, 0) is 65.4 Å². The number of esters is 4. The zero-order valence-corrected chi connectivity index (χ0v) is 57.0. The first-order valence-corrected chi connectivity index (χ1v) is 37.2. The lowest BCUT2D eigenvalue weighted by Gasteiger charge is -2.21. The van der Waals surface area contributed by atoms with Gasteiger partial charge in [-0.15, -0.1) is 0 Å². The third-order valence-corrected chi connectivity index (χ3v) is 17.0. The van der Waals surface area contributed by atoms with E-state index in [1.54, 1.807) is 0 Å². The van der Waals surface area contributed by atoms with Crippen LogP contribution in [0.2, 0.25) is 0 Å². The van der Waals surface area contributed by atoms with Gasteiger partial charge in [-0.2, -0.15) is 0 Å². The number of hydrogen-bond donors (Lipinski definition) is 3. The minimum absolute atomic E-state index is 0.103. The molecule has 0 aliphatic carbocycles. The molecule has 0 aliphatic heterocycles. The summed E-state index contributed by atoms with van der Waals surface area (Å²) in [6, 6.07) is 0. The number of phosphoric acid groups is 2. The van der Waals surface area contributed by atoms with Crippen molar-refractivity contribution in [2.75, 3.05) is 39.6 Å². The molecule has 0 saturated carbocycles. The summed E-state index contributed by atoms with van der Waals surface area (Å²) in [7, 11) is -9.89. The van der Waals surface area contributed by atoms with Crippen molar-refractivity contribution < 1.29 is 80.2 Å². The molecule has 504 valence electrons. The monoisotopic (exact) mass is 1250 g/mol. The fourth-order valence-corrected chi connectivity index (χ4v) is 11.4. The minimum atomic E-state index is -4.95. The first-order valence-electron chi connectivity index (χ1n) is 34.2. The molecule has 19 heteroatoms. The Bertz CT molecular complexity index is 1700. The number of hydrogen-bond acceptors (Lipinski definition) is 15. The first kappa shape index (κ1) is 83.1. The van der Waals surface area contributed by atoms with E-state index in [-0.39, 0.29) is 25.7 Å². The second-order valence-electron chi connectivity index (χ2n) is 25.8. The Morgan fingerprint density at radius 2 is 0.494 bits per heavy atom. The Kier molecular flexibility index (Phi) is 54.8. The summed E-state index contributed by atoms with van der Waals surface area (Å²) in [4.78, 5) is 72.3. The van der Waals surface area contributed by atoms with Gasteiger partial charge >= 0.3 is 39.5 Å². The molecule has 0 radical (unpaired) electrons. The number of rotatable bonds is 63. The lowest BCUT2D eigenvalue weighted by molar-refractivity contribution is -0.161. The van der Waals surface area contributed by atoms with Gasteiger partial charge in [0.1, 0.15) is 19.3 Å². The Labute approximate surface area is 517 Å². The average molecular weight is 1260 g/mol. The number of unbranched alkanes of at least 4 members (excludes halogenated alkanes) is 29. The molecule has 0 spiro atoms. The molecule has 0 heterocycles. The van der Waals surface area contributed by atoms with Crippen molar-refractivity contribution in [2.24, 2.45) is 23.7 Å². The van der Waals surface area contributed by atoms with Crippen LogP contribution in [0.3, 0.4) is 0 Å². The second kappa shape index (κ2) is 56.1. The second-order valence-corrected chi connectivity index (χ2v) is 28.7. The van der Waals surface area contributed by atoms with E-state index in [0.29, 0.717) is 37.5 Å². The van der Waals surface area contributed by atoms with Gasteiger partial charge in [0.25, 0.3) is 0 Å². The van der Waals surface area contributed by atoms with Crippen molar-refractivity contribution in [2.45, 2.75) is 337 Å². The van der Waals surface area contributed by atoms with Crippen molar-refractivity contribution >= 4 is 39.5 Å². The summed E-state index contributed by atoms with van der Waals surface area (Å²) in [5.74, 6) is 0.756. The van der Waals surface area contributed by atoms with Crippen LogP contribution in [0.15, 0.2) is 0 Å². The van der Waals surface area contributed by atoms with Crippen LogP contribution in [0.4, 0.5) is 0 Å². The normalized spacial score (nSPS) is 14.4. The van der Waals surface area contributed by atoms with Gasteiger partial charge in [0.05, 0.1) is 26.4 Å². The zero-order chi connectivity index (χ0) is 63.2. The van der Waals surface area contributed by atoms with Gasteiger partial charge in [-0.1, -0.05) is 267 Å². The van der Waals surface area contributed by atoms with Crippen molar-refractivity contribution in [3.63, 3.8) is 0 Å². The molecule has 0 rings (SSSR count). The van der Waals surface area contributed by atoms with Gasteiger partial charge in [0, 0.05) is 25.7 Å². The first-order chi connectivity index (χ1) is 40.6. The summed E-state index contributed by atoms with van der Waals surface area (Å²) >= 11 is 0. The van der Waals surface area contributed by atoms with Gasteiger partial charge < -0.3 is 33.8 Å². The fraction of sp³-hybridized carbons (Fsp3) is 0.939. The largest absolute Gasteiger partial charge is 0.472 e. The molecule has 0 aliphatic rings. The molecule has 0 aromatic carbocycles. The molecule has 0 aromatic heterocycles. The molecule has 17 nitrogen and oxygen atoms in total. The number of ether oxygens (including phenoxy) is 4. The predicted octanol–water partition coefficient (Wildman–Crippen LogP) is 18.1. The van der Waals surface area contributed by atoms with E-state index in [1.165, 1.54) is 109 Å². The van der Waals surface area contributed by atoms with Crippen LogP contribution in [0, 0.1) is 23.7 Å². The zero-order valence-electron chi connectivity index (χ0n) is 55.2. The molecular weight excluding hydrogens is 1130 g/mol. The third kappa shape index (κ3) is 60.7. The smallest absolute Gasteiger partial charge is 0.462 e. The number of carbonyl (C=O) groups is 4. The minimum Gasteiger partial charge on any atom is -0.462 e. The highest BCUT2D eigenvalue weighted by molar-refractivity contribution is 7.47. The van der Waals surface area contributed by atoms with Crippen LogP contribution in [0.25, 0.3) is 0 Å². The lowest BCUT2D eigenvalue weighted by Crippen LogP contribution is -2.30. The summed E-state index contributed by atoms with van der Waals surface area (Å²) < 4.78 is 68.1. The SMILES string of the molecule is CC(C)CCCCCCCCCCCCCC(=O)O[C@H](COC(=O)CCCCCCCCCC(C)C)COP(=O)(O)OCC(O)COP(=O)(O)OC[C@@H](COC(=O)CCCCCCCCCC(C)C)OC(=O)CCCCCCCCCCC(C)C. The van der Waals surface area contributed by atoms with Crippen LogP contribution in [0.5, 0.6) is 0 Å². The highest BCUT2D eigenvalue weighted by Crippen LogP contribution is 2.45. The van der Waals surface area contributed by atoms with E-state index in [1.807, 2.05) is 0 Å². The van der Waals surface area contributed by atoms with Gasteiger partial charge in [-0.3, -0.25) is 37.3 Å². The number of phosphoric ester groups is 2. The Morgan fingerprint density at radius 1 is 0.294 bits per heavy atom. The van der Waals surface area contributed by atoms with Crippen LogP contribution in [-0.4, -0.2) is 96.7 Å². The van der Waals surface area contributed by atoms with Crippen molar-refractivity contribution in [1.82, 2.24) is 0 Å². The Morgan fingerprint density at radius 3 is 0.729 bits per heavy atom. The summed E-state index contributed by atoms with van der Waals surface area (Å²) in [6.45, 7) is 14.0. The molecule has 85 heavy (non-hydrogen) atoms. The highest BCUT2D eigenvalue weighted by atomic mass is 31.2. The lowest BCUT2D eigenvalue weighted by atomic mass is 10.0. The quantitative estimate of drug-likeness (QED) is 0.0222. The molecular formula is C66H128O17P2. The number of aliphatic hydroxyl groups excluding tert-OH is 1. The molecule has 0 saturated heterocycles. The van der Waals surface area contributed by atoms with E-state index in [0.717, 1.165) is 115 Å². The summed E-state index contributed by atoms with van der Waals surface area (Å²) in [5.41, 5.74) is 0. The summed E-state index contributed by atoms with van der Waals surface area (Å²) in [5, 5.41) is 10.5. The van der Waals surface area contributed by atoms with E-state index < -0.39 is 97.5 Å². The molecule has 3 N–H and O–H groups in total. The standard InChI is InChI=1S/C66H128O17P2/c1-56(2)42-34-26-18-12-10-9-11-13-22-32-40-48-65(70)82-61(52-76-63(68)46-38-30-24-16-20-28-36-44-58(5)6)54-80-84(72,73)78-50-60(67)51-79-85(74,75)81-55-62(53-77-64(69)47-39-31-25-17-21-29-37-45-59(7)8)83-66(71)49-41-33-23-15-14-19-27-35-43-57(3)4/h56-62,67H,9-55H2,1-8H3,(H,72,73)(H,74,75)/t60?,61-,62-/m1/s1. The van der Waals surface area contributed by atoms with E-state index in [2.05, 4.69) is 55.4 Å². The van der Waals surface area contributed by atoms with Crippen LogP contribution >= 0.6 is 15.6 Å². The van der Waals surface area contributed by atoms with E-state index in [9.17, 15) is 43.2 Å². The molecule has 0 amide bonds. The molecule has 0 bridgehead atoms. The van der Waals surface area contributed by atoms with Gasteiger partial charge in [0.2, 0.25) is 0 Å².